The zero-order chi connectivity index (χ0) is 21.3. The van der Waals surface area contributed by atoms with Gasteiger partial charge in [-0.3, -0.25) is 4.57 Å². The number of hydrogen-bond donors (Lipinski definition) is 0. The quantitative estimate of drug-likeness (QED) is 0.382. The van der Waals surface area contributed by atoms with Crippen LogP contribution >= 0.6 is 11.8 Å². The Labute approximate surface area is 180 Å². The van der Waals surface area contributed by atoms with E-state index in [1.165, 1.54) is 5.56 Å². The lowest BCUT2D eigenvalue weighted by Gasteiger charge is -2.13. The van der Waals surface area contributed by atoms with E-state index in [-0.39, 0.29) is 10.7 Å². The van der Waals surface area contributed by atoms with Crippen molar-refractivity contribution in [1.29, 1.82) is 0 Å². The Bertz CT molecular complexity index is 1130. The van der Waals surface area contributed by atoms with Crippen molar-refractivity contribution in [3.05, 3.63) is 71.9 Å². The summed E-state index contributed by atoms with van der Waals surface area (Å²) in [4.78, 5) is 4.60. The molecule has 30 heavy (non-hydrogen) atoms. The van der Waals surface area contributed by atoms with E-state index in [0.717, 1.165) is 22.2 Å². The molecule has 0 bridgehead atoms. The zero-order valence-corrected chi connectivity index (χ0v) is 18.6. The average molecular weight is 420 g/mol. The maximum Gasteiger partial charge on any atom is 0.239 e. The summed E-state index contributed by atoms with van der Waals surface area (Å²) in [6.07, 6.45) is 0. The Balaban J connectivity index is 1.72. The second kappa shape index (κ2) is 8.07. The number of benzene rings is 2. The van der Waals surface area contributed by atoms with Crippen LogP contribution in [0.1, 0.15) is 50.2 Å². The van der Waals surface area contributed by atoms with Crippen LogP contribution in [-0.4, -0.2) is 24.9 Å². The van der Waals surface area contributed by atoms with Crippen LogP contribution in [0.15, 0.2) is 64.3 Å². The highest BCUT2D eigenvalue weighted by Gasteiger charge is 2.25. The molecule has 0 saturated heterocycles. The first-order chi connectivity index (χ1) is 14.3. The van der Waals surface area contributed by atoms with Gasteiger partial charge in [-0.25, -0.2) is 0 Å². The minimum absolute atomic E-state index is 0.0642. The van der Waals surface area contributed by atoms with Crippen LogP contribution in [0, 0.1) is 6.92 Å². The molecule has 0 radical (unpaired) electrons. The monoisotopic (exact) mass is 419 g/mol. The van der Waals surface area contributed by atoms with Gasteiger partial charge in [-0.15, -0.1) is 10.2 Å². The molecule has 0 fully saturated rings. The third kappa shape index (κ3) is 4.16. The van der Waals surface area contributed by atoms with Crippen LogP contribution in [0.2, 0.25) is 0 Å². The first-order valence-corrected chi connectivity index (χ1v) is 10.8. The summed E-state index contributed by atoms with van der Waals surface area (Å²) < 4.78 is 7.62. The highest BCUT2D eigenvalue weighted by molar-refractivity contribution is 7.99. The van der Waals surface area contributed by atoms with E-state index in [1.54, 1.807) is 11.8 Å². The Morgan fingerprint density at radius 2 is 1.67 bits per heavy atom. The van der Waals surface area contributed by atoms with E-state index in [4.69, 9.17) is 4.52 Å². The number of aromatic nitrogens is 5. The van der Waals surface area contributed by atoms with Gasteiger partial charge in [0.1, 0.15) is 0 Å². The predicted molar refractivity (Wildman–Crippen MR) is 119 cm³/mol. The first kappa shape index (κ1) is 20.3. The Morgan fingerprint density at radius 3 is 2.30 bits per heavy atom. The van der Waals surface area contributed by atoms with Gasteiger partial charge in [-0.1, -0.05) is 85.7 Å². The van der Waals surface area contributed by atoms with E-state index >= 15 is 0 Å². The Hall–Kier alpha value is -2.93. The topological polar surface area (TPSA) is 69.6 Å². The molecule has 154 valence electrons. The van der Waals surface area contributed by atoms with Gasteiger partial charge in [-0.2, -0.15) is 4.98 Å². The molecule has 4 rings (SSSR count). The highest BCUT2D eigenvalue weighted by Crippen LogP contribution is 2.37. The van der Waals surface area contributed by atoms with Crippen LogP contribution in [0.3, 0.4) is 0 Å². The second-order valence-corrected chi connectivity index (χ2v) is 9.62. The van der Waals surface area contributed by atoms with Crippen LogP contribution in [0.25, 0.3) is 17.1 Å². The Morgan fingerprint density at radius 1 is 0.967 bits per heavy atom. The number of nitrogens with zero attached hydrogens (tertiary/aromatic N) is 5. The molecule has 2 aromatic heterocycles. The molecule has 7 heteroatoms. The third-order valence-corrected chi connectivity index (χ3v) is 5.73. The molecule has 4 aromatic rings. The number of hydrogen-bond acceptors (Lipinski definition) is 6. The molecular weight excluding hydrogens is 394 g/mol. The van der Waals surface area contributed by atoms with Crippen molar-refractivity contribution < 1.29 is 4.52 Å². The molecule has 2 aromatic carbocycles. The van der Waals surface area contributed by atoms with E-state index in [0.29, 0.717) is 11.7 Å². The number of thioether (sulfide) groups is 1. The fourth-order valence-corrected chi connectivity index (χ4v) is 3.86. The molecule has 2 heterocycles. The van der Waals surface area contributed by atoms with Gasteiger partial charge >= 0.3 is 0 Å². The normalized spacial score (nSPS) is 12.8. The van der Waals surface area contributed by atoms with Gasteiger partial charge in [-0.05, 0) is 26.0 Å². The summed E-state index contributed by atoms with van der Waals surface area (Å²) in [5.74, 6) is 2.09. The number of rotatable bonds is 5. The van der Waals surface area contributed by atoms with Gasteiger partial charge in [0, 0.05) is 16.7 Å². The van der Waals surface area contributed by atoms with Gasteiger partial charge in [0.05, 0.1) is 5.25 Å². The van der Waals surface area contributed by atoms with Crippen LogP contribution in [0.5, 0.6) is 0 Å². The van der Waals surface area contributed by atoms with E-state index in [9.17, 15) is 0 Å². The van der Waals surface area contributed by atoms with Crippen LogP contribution in [0.4, 0.5) is 0 Å². The van der Waals surface area contributed by atoms with Crippen molar-refractivity contribution in [3.8, 4) is 17.1 Å². The van der Waals surface area contributed by atoms with Gasteiger partial charge < -0.3 is 4.52 Å². The molecule has 0 N–H and O–H groups in total. The molecule has 1 unspecified atom stereocenters. The second-order valence-electron chi connectivity index (χ2n) is 8.31. The van der Waals surface area contributed by atoms with Gasteiger partial charge in [0.15, 0.2) is 16.8 Å². The van der Waals surface area contributed by atoms with Crippen molar-refractivity contribution in [2.45, 2.75) is 50.4 Å². The molecule has 0 aliphatic rings. The summed E-state index contributed by atoms with van der Waals surface area (Å²) in [5.41, 5.74) is 3.07. The molecule has 0 aliphatic carbocycles. The number of aryl methyl sites for hydroxylation is 1. The summed E-state index contributed by atoms with van der Waals surface area (Å²) >= 11 is 1.55. The van der Waals surface area contributed by atoms with Crippen molar-refractivity contribution in [2.75, 3.05) is 0 Å². The smallest absolute Gasteiger partial charge is 0.239 e. The first-order valence-electron chi connectivity index (χ1n) is 9.91. The largest absolute Gasteiger partial charge is 0.338 e. The maximum absolute atomic E-state index is 5.54. The fraction of sp³-hybridized carbons (Fsp3) is 0.304. The van der Waals surface area contributed by atoms with Crippen molar-refractivity contribution in [1.82, 2.24) is 24.9 Å². The van der Waals surface area contributed by atoms with Crippen molar-refractivity contribution >= 4 is 11.8 Å². The minimum Gasteiger partial charge on any atom is -0.338 e. The average Bonchev–Trinajstić information content (AvgIpc) is 3.37. The summed E-state index contributed by atoms with van der Waals surface area (Å²) in [6, 6.07) is 18.5. The predicted octanol–water partition coefficient (Wildman–Crippen LogP) is 5.78. The molecule has 1 atom stereocenters. The summed E-state index contributed by atoms with van der Waals surface area (Å²) in [6.45, 7) is 10.3. The molecule has 0 saturated carbocycles. The molecular formula is C23H25N5OS. The lowest BCUT2D eigenvalue weighted by molar-refractivity contribution is 0.364. The van der Waals surface area contributed by atoms with Gasteiger partial charge in [0.2, 0.25) is 5.89 Å². The molecule has 6 nitrogen and oxygen atoms in total. The lowest BCUT2D eigenvalue weighted by atomic mass is 9.96. The van der Waals surface area contributed by atoms with E-state index in [1.807, 2.05) is 37.3 Å². The molecule has 0 amide bonds. The standard InChI is InChI=1S/C23H25N5OS/c1-15-11-13-18(14-12-15)28-19(17-9-7-6-8-10-17)25-26-22(28)30-16(2)20-24-21(27-29-20)23(3,4)5/h6-14,16H,1-5H3. The van der Waals surface area contributed by atoms with Crippen molar-refractivity contribution in [3.63, 3.8) is 0 Å². The van der Waals surface area contributed by atoms with E-state index in [2.05, 4.69) is 76.9 Å². The van der Waals surface area contributed by atoms with Crippen molar-refractivity contribution in [2.24, 2.45) is 0 Å². The third-order valence-electron chi connectivity index (χ3n) is 4.70. The van der Waals surface area contributed by atoms with E-state index < -0.39 is 0 Å². The van der Waals surface area contributed by atoms with Crippen LogP contribution in [-0.2, 0) is 5.41 Å². The zero-order valence-electron chi connectivity index (χ0n) is 17.8. The van der Waals surface area contributed by atoms with Crippen LogP contribution < -0.4 is 0 Å². The Kier molecular flexibility index (Phi) is 5.47. The molecule has 0 spiro atoms. The fourth-order valence-electron chi connectivity index (χ4n) is 2.96. The molecule has 0 aliphatic heterocycles. The highest BCUT2D eigenvalue weighted by atomic mass is 32.2. The summed E-state index contributed by atoms with van der Waals surface area (Å²) in [7, 11) is 0. The maximum atomic E-state index is 5.54. The SMILES string of the molecule is Cc1ccc(-n2c(SC(C)c3nc(C(C)(C)C)no3)nnc2-c2ccccc2)cc1. The summed E-state index contributed by atoms with van der Waals surface area (Å²) in [5, 5.41) is 13.9. The lowest BCUT2D eigenvalue weighted by Crippen LogP contribution is -2.13. The van der Waals surface area contributed by atoms with Gasteiger partial charge in [0.25, 0.3) is 0 Å². The minimum atomic E-state index is -0.158.